The van der Waals surface area contributed by atoms with E-state index < -0.39 is 5.82 Å². The average Bonchev–Trinajstić information content (AvgIpc) is 1.85. The maximum absolute atomic E-state index is 12.8. The van der Waals surface area contributed by atoms with Crippen LogP contribution in [0.5, 0.6) is 0 Å². The highest BCUT2D eigenvalue weighted by Gasteiger charge is 2.00. The molecule has 60 valence electrons. The topological polar surface area (TPSA) is 26.3 Å². The van der Waals surface area contributed by atoms with Gasteiger partial charge in [0.05, 0.1) is 5.69 Å². The largest absolute Gasteiger partial charge is 0.758 e. The van der Waals surface area contributed by atoms with Gasteiger partial charge in [-0.2, -0.15) is 0 Å². The van der Waals surface area contributed by atoms with Crippen molar-refractivity contribution in [2.75, 3.05) is 12.1 Å². The first kappa shape index (κ1) is 8.49. The highest BCUT2D eigenvalue weighted by molar-refractivity contribution is 9.10. The third-order valence-electron chi connectivity index (χ3n) is 1.25. The van der Waals surface area contributed by atoms with Crippen molar-refractivity contribution in [3.05, 3.63) is 33.7 Å². The maximum atomic E-state index is 12.8. The predicted octanol–water partition coefficient (Wildman–Crippen LogP) is 2.52. The Morgan fingerprint density at radius 3 is 2.64 bits per heavy atom. The predicted molar refractivity (Wildman–Crippen MR) is 45.9 cm³/mol. The van der Waals surface area contributed by atoms with Gasteiger partial charge in [0.1, 0.15) is 5.82 Å². The summed E-state index contributed by atoms with van der Waals surface area (Å²) in [5.41, 5.74) is 0.0493. The molecule has 0 amide bonds. The van der Waals surface area contributed by atoms with Gasteiger partial charge in [0, 0.05) is 4.47 Å². The van der Waals surface area contributed by atoms with E-state index in [0.717, 1.165) is 0 Å². The van der Waals surface area contributed by atoms with Gasteiger partial charge in [-0.05, 0) is 25.2 Å². The Labute approximate surface area is 72.3 Å². The Hall–Kier alpha value is -0.610. The molecule has 0 radical (unpaired) electrons. The second-order valence-corrected chi connectivity index (χ2v) is 3.01. The van der Waals surface area contributed by atoms with Crippen LogP contribution in [0.15, 0.2) is 22.7 Å². The Bertz CT molecular complexity index is 265. The molecule has 11 heavy (non-hydrogen) atoms. The summed E-state index contributed by atoms with van der Waals surface area (Å²) < 4.78 is 13.5. The summed E-state index contributed by atoms with van der Waals surface area (Å²) in [5, 5.41) is 11.1. The Morgan fingerprint density at radius 2 is 2.18 bits per heavy atom. The molecular weight excluding hydrogens is 213 g/mol. The summed E-state index contributed by atoms with van der Waals surface area (Å²) in [5.74, 6) is -0.517. The number of nitrogens with zero attached hydrogens (tertiary/aromatic N) is 1. The average molecular weight is 219 g/mol. The van der Waals surface area contributed by atoms with Gasteiger partial charge >= 0.3 is 0 Å². The second kappa shape index (κ2) is 3.19. The molecule has 4 heteroatoms. The smallest absolute Gasteiger partial charge is 0.146 e. The van der Waals surface area contributed by atoms with Crippen LogP contribution in [0.2, 0.25) is 0 Å². The molecule has 0 N–H and O–H groups in total. The lowest BCUT2D eigenvalue weighted by Crippen LogP contribution is -2.07. The van der Waals surface area contributed by atoms with E-state index in [1.165, 1.54) is 19.2 Å². The Kier molecular flexibility index (Phi) is 2.46. The lowest BCUT2D eigenvalue weighted by molar-refractivity contribution is 0.626. The first-order valence-electron chi connectivity index (χ1n) is 2.97. The Balaban J connectivity index is 3.09. The highest BCUT2D eigenvalue weighted by Crippen LogP contribution is 2.21. The van der Waals surface area contributed by atoms with Crippen molar-refractivity contribution in [3.63, 3.8) is 0 Å². The van der Waals surface area contributed by atoms with Gasteiger partial charge in [-0.15, -0.1) is 0 Å². The SMILES string of the molecule is CN([O-])c1ccc(Br)cc1F. The minimum absolute atomic E-state index is 0.0493. The van der Waals surface area contributed by atoms with E-state index in [1.54, 1.807) is 6.07 Å². The summed E-state index contributed by atoms with van der Waals surface area (Å²) in [7, 11) is 1.26. The normalized spacial score (nSPS) is 9.82. The van der Waals surface area contributed by atoms with E-state index >= 15 is 0 Å². The molecule has 0 heterocycles. The molecule has 0 unspecified atom stereocenters. The molecule has 0 aliphatic carbocycles. The molecule has 0 atom stereocenters. The van der Waals surface area contributed by atoms with Crippen LogP contribution in [0.3, 0.4) is 0 Å². The fourth-order valence-electron chi connectivity index (χ4n) is 0.737. The van der Waals surface area contributed by atoms with Crippen molar-refractivity contribution in [1.29, 1.82) is 0 Å². The fraction of sp³-hybridized carbons (Fsp3) is 0.143. The number of hydrogen-bond acceptors (Lipinski definition) is 2. The van der Waals surface area contributed by atoms with Crippen LogP contribution < -0.4 is 5.06 Å². The van der Waals surface area contributed by atoms with E-state index in [-0.39, 0.29) is 5.69 Å². The molecule has 1 rings (SSSR count). The van der Waals surface area contributed by atoms with Crippen LogP contribution >= 0.6 is 15.9 Å². The highest BCUT2D eigenvalue weighted by atomic mass is 79.9. The van der Waals surface area contributed by atoms with Gasteiger partial charge in [0.2, 0.25) is 0 Å². The monoisotopic (exact) mass is 218 g/mol. The maximum Gasteiger partial charge on any atom is 0.146 e. The molecule has 0 aromatic heterocycles. The van der Waals surface area contributed by atoms with E-state index in [0.29, 0.717) is 9.54 Å². The van der Waals surface area contributed by atoms with Gasteiger partial charge in [-0.1, -0.05) is 15.9 Å². The molecule has 1 aromatic carbocycles. The third-order valence-corrected chi connectivity index (χ3v) is 1.74. The first-order valence-corrected chi connectivity index (χ1v) is 3.76. The molecule has 0 aliphatic rings. The molecule has 0 saturated heterocycles. The summed E-state index contributed by atoms with van der Waals surface area (Å²) in [6.07, 6.45) is 0. The fourth-order valence-corrected chi connectivity index (χ4v) is 1.07. The molecule has 0 fully saturated rings. The number of benzene rings is 1. The lowest BCUT2D eigenvalue weighted by Gasteiger charge is -2.24. The minimum atomic E-state index is -0.517. The number of anilines is 1. The van der Waals surface area contributed by atoms with E-state index in [4.69, 9.17) is 0 Å². The van der Waals surface area contributed by atoms with Gasteiger partial charge in [-0.25, -0.2) is 4.39 Å². The summed E-state index contributed by atoms with van der Waals surface area (Å²) in [4.78, 5) is 0. The van der Waals surface area contributed by atoms with Gasteiger partial charge in [-0.3, -0.25) is 0 Å². The number of halogens is 2. The number of hydroxylamine groups is 1. The van der Waals surface area contributed by atoms with Gasteiger partial charge in [0.15, 0.2) is 0 Å². The van der Waals surface area contributed by atoms with Crippen molar-refractivity contribution >= 4 is 21.6 Å². The number of rotatable bonds is 1. The molecule has 0 bridgehead atoms. The molecule has 2 nitrogen and oxygen atoms in total. The zero-order valence-corrected chi connectivity index (χ0v) is 7.43. The summed E-state index contributed by atoms with van der Waals surface area (Å²) in [6.45, 7) is 0. The standard InChI is InChI=1S/C7H6BrFNO/c1-10(11)7-3-2-5(8)4-6(7)9/h2-4H,1H3/q-1. The van der Waals surface area contributed by atoms with Crippen LogP contribution in [0, 0.1) is 11.0 Å². The van der Waals surface area contributed by atoms with Crippen molar-refractivity contribution in [3.8, 4) is 0 Å². The zero-order valence-electron chi connectivity index (χ0n) is 5.84. The number of hydrogen-bond donors (Lipinski definition) is 0. The van der Waals surface area contributed by atoms with Crippen LogP contribution in [0.25, 0.3) is 0 Å². The van der Waals surface area contributed by atoms with Crippen LogP contribution in [0.1, 0.15) is 0 Å². The van der Waals surface area contributed by atoms with Crippen molar-refractivity contribution in [2.45, 2.75) is 0 Å². The van der Waals surface area contributed by atoms with E-state index in [9.17, 15) is 9.60 Å². The quantitative estimate of drug-likeness (QED) is 0.678. The van der Waals surface area contributed by atoms with Crippen LogP contribution in [-0.4, -0.2) is 7.05 Å². The summed E-state index contributed by atoms with van der Waals surface area (Å²) >= 11 is 3.08. The minimum Gasteiger partial charge on any atom is -0.758 e. The molecule has 0 saturated carbocycles. The first-order chi connectivity index (χ1) is 5.11. The van der Waals surface area contributed by atoms with Crippen molar-refractivity contribution < 1.29 is 4.39 Å². The molecular formula is C7H6BrFNO-. The second-order valence-electron chi connectivity index (χ2n) is 2.09. The third kappa shape index (κ3) is 1.91. The van der Waals surface area contributed by atoms with Crippen LogP contribution in [-0.2, 0) is 0 Å². The van der Waals surface area contributed by atoms with E-state index in [1.807, 2.05) is 0 Å². The van der Waals surface area contributed by atoms with Gasteiger partial charge in [0.25, 0.3) is 0 Å². The van der Waals surface area contributed by atoms with Crippen LogP contribution in [0.4, 0.5) is 10.1 Å². The molecule has 0 spiro atoms. The lowest BCUT2D eigenvalue weighted by atomic mass is 10.3. The van der Waals surface area contributed by atoms with Crippen molar-refractivity contribution in [1.82, 2.24) is 0 Å². The molecule has 0 aliphatic heterocycles. The zero-order chi connectivity index (χ0) is 8.43. The van der Waals surface area contributed by atoms with Crippen molar-refractivity contribution in [2.24, 2.45) is 0 Å². The summed E-state index contributed by atoms with van der Waals surface area (Å²) in [6, 6.07) is 4.29. The Morgan fingerprint density at radius 1 is 1.55 bits per heavy atom. The molecule has 1 aromatic rings. The van der Waals surface area contributed by atoms with E-state index in [2.05, 4.69) is 15.9 Å². The van der Waals surface area contributed by atoms with Gasteiger partial charge < -0.3 is 10.3 Å².